The van der Waals surface area contributed by atoms with Crippen molar-refractivity contribution in [2.45, 2.75) is 26.4 Å². The van der Waals surface area contributed by atoms with Crippen LogP contribution in [0.25, 0.3) is 10.9 Å². The minimum absolute atomic E-state index is 0.158. The Morgan fingerprint density at radius 3 is 3.00 bits per heavy atom. The number of rotatable bonds is 6. The lowest BCUT2D eigenvalue weighted by Gasteiger charge is -2.11. The standard InChI is InChI=1S/C18H21N3O3/c1-12(2)14-11-16(24-21-14)18(22)20-9-10-23-15-7-3-5-13-6-4-8-19-17(13)15/h3-8,12,16H,9-11H2,1-2H3,(H,20,22)/t16-/m0/s1. The summed E-state index contributed by atoms with van der Waals surface area (Å²) in [6, 6.07) is 9.66. The van der Waals surface area contributed by atoms with Gasteiger partial charge >= 0.3 is 0 Å². The van der Waals surface area contributed by atoms with Gasteiger partial charge in [0.05, 0.1) is 12.3 Å². The zero-order valence-corrected chi connectivity index (χ0v) is 13.9. The fourth-order valence-electron chi connectivity index (χ4n) is 2.52. The van der Waals surface area contributed by atoms with E-state index in [-0.39, 0.29) is 5.91 Å². The summed E-state index contributed by atoms with van der Waals surface area (Å²) in [5, 5.41) is 7.81. The normalized spacial score (nSPS) is 16.8. The Hall–Kier alpha value is -2.63. The molecule has 1 aromatic carbocycles. The summed E-state index contributed by atoms with van der Waals surface area (Å²) in [6.07, 6.45) is 1.76. The minimum Gasteiger partial charge on any atom is -0.489 e. The molecular weight excluding hydrogens is 306 g/mol. The highest BCUT2D eigenvalue weighted by atomic mass is 16.6. The molecule has 1 aliphatic rings. The van der Waals surface area contributed by atoms with Gasteiger partial charge in [0.25, 0.3) is 5.91 Å². The molecule has 1 aromatic heterocycles. The molecular formula is C18H21N3O3. The molecule has 3 rings (SSSR count). The van der Waals surface area contributed by atoms with E-state index in [0.717, 1.165) is 16.6 Å². The van der Waals surface area contributed by atoms with Crippen molar-refractivity contribution < 1.29 is 14.4 Å². The van der Waals surface area contributed by atoms with E-state index in [4.69, 9.17) is 9.57 Å². The molecule has 6 heteroatoms. The average Bonchev–Trinajstić information content (AvgIpc) is 3.09. The molecule has 0 spiro atoms. The Labute approximate surface area is 140 Å². The SMILES string of the molecule is CC(C)C1=NO[C@H](C(=O)NCCOc2cccc3cccnc23)C1. The molecule has 0 saturated carbocycles. The van der Waals surface area contributed by atoms with Crippen LogP contribution in [-0.4, -0.2) is 35.9 Å². The third kappa shape index (κ3) is 3.64. The number of nitrogens with zero attached hydrogens (tertiary/aromatic N) is 2. The molecule has 6 nitrogen and oxygen atoms in total. The van der Waals surface area contributed by atoms with Crippen LogP contribution >= 0.6 is 0 Å². The molecule has 126 valence electrons. The Balaban J connectivity index is 1.46. The highest BCUT2D eigenvalue weighted by molar-refractivity contribution is 5.93. The summed E-state index contributed by atoms with van der Waals surface area (Å²) in [5.74, 6) is 0.851. The largest absolute Gasteiger partial charge is 0.489 e. The van der Waals surface area contributed by atoms with Crippen LogP contribution in [0.15, 0.2) is 41.7 Å². The smallest absolute Gasteiger partial charge is 0.264 e. The zero-order valence-electron chi connectivity index (χ0n) is 13.9. The third-order valence-electron chi connectivity index (χ3n) is 3.91. The van der Waals surface area contributed by atoms with Gasteiger partial charge in [-0.2, -0.15) is 0 Å². The predicted molar refractivity (Wildman–Crippen MR) is 92.0 cm³/mol. The number of pyridine rings is 1. The molecule has 0 saturated heterocycles. The van der Waals surface area contributed by atoms with E-state index in [0.29, 0.717) is 31.2 Å². The zero-order chi connectivity index (χ0) is 16.9. The quantitative estimate of drug-likeness (QED) is 0.828. The summed E-state index contributed by atoms with van der Waals surface area (Å²) >= 11 is 0. The lowest BCUT2D eigenvalue weighted by atomic mass is 10.0. The summed E-state index contributed by atoms with van der Waals surface area (Å²) in [7, 11) is 0. The molecule has 1 N–H and O–H groups in total. The molecule has 0 radical (unpaired) electrons. The van der Waals surface area contributed by atoms with Crippen molar-refractivity contribution in [3.05, 3.63) is 36.5 Å². The fraction of sp³-hybridized carbons (Fsp3) is 0.389. The molecule has 2 aromatic rings. The van der Waals surface area contributed by atoms with Gasteiger partial charge in [-0.15, -0.1) is 0 Å². The van der Waals surface area contributed by atoms with Gasteiger partial charge in [0, 0.05) is 18.0 Å². The maximum atomic E-state index is 12.1. The topological polar surface area (TPSA) is 72.8 Å². The maximum Gasteiger partial charge on any atom is 0.264 e. The minimum atomic E-state index is -0.526. The van der Waals surface area contributed by atoms with Gasteiger partial charge in [0.15, 0.2) is 0 Å². The van der Waals surface area contributed by atoms with Crippen LogP contribution in [0.4, 0.5) is 0 Å². The predicted octanol–water partition coefficient (Wildman–Crippen LogP) is 2.53. The number of para-hydroxylation sites is 1. The number of oxime groups is 1. The average molecular weight is 327 g/mol. The van der Waals surface area contributed by atoms with E-state index in [1.165, 1.54) is 0 Å². The number of benzene rings is 1. The van der Waals surface area contributed by atoms with E-state index in [2.05, 4.69) is 15.5 Å². The molecule has 0 unspecified atom stereocenters. The number of hydrogen-bond donors (Lipinski definition) is 1. The number of ether oxygens (including phenoxy) is 1. The Morgan fingerprint density at radius 2 is 2.21 bits per heavy atom. The van der Waals surface area contributed by atoms with Crippen LogP contribution in [0, 0.1) is 5.92 Å². The Kier molecular flexibility index (Phi) is 4.93. The van der Waals surface area contributed by atoms with Gasteiger partial charge in [-0.05, 0) is 18.1 Å². The van der Waals surface area contributed by atoms with Gasteiger partial charge in [-0.1, -0.05) is 37.2 Å². The van der Waals surface area contributed by atoms with Gasteiger partial charge < -0.3 is 14.9 Å². The second kappa shape index (κ2) is 7.29. The van der Waals surface area contributed by atoms with E-state index in [9.17, 15) is 4.79 Å². The van der Waals surface area contributed by atoms with Gasteiger partial charge in [-0.3, -0.25) is 9.78 Å². The van der Waals surface area contributed by atoms with Crippen molar-refractivity contribution in [3.8, 4) is 5.75 Å². The molecule has 1 aliphatic heterocycles. The van der Waals surface area contributed by atoms with Crippen LogP contribution in [0.5, 0.6) is 5.75 Å². The molecule has 1 atom stereocenters. The van der Waals surface area contributed by atoms with E-state index >= 15 is 0 Å². The number of carbonyl (C=O) groups excluding carboxylic acids is 1. The van der Waals surface area contributed by atoms with Crippen LogP contribution in [0.1, 0.15) is 20.3 Å². The maximum absolute atomic E-state index is 12.1. The van der Waals surface area contributed by atoms with Crippen molar-refractivity contribution in [2.24, 2.45) is 11.1 Å². The molecule has 0 bridgehead atoms. The van der Waals surface area contributed by atoms with Crippen molar-refractivity contribution in [1.29, 1.82) is 0 Å². The fourth-order valence-corrected chi connectivity index (χ4v) is 2.52. The second-order valence-electron chi connectivity index (χ2n) is 6.01. The Bertz CT molecular complexity index is 753. The first-order valence-corrected chi connectivity index (χ1v) is 8.12. The first-order chi connectivity index (χ1) is 11.6. The van der Waals surface area contributed by atoms with E-state index in [1.807, 2.05) is 44.2 Å². The molecule has 0 fully saturated rings. The highest BCUT2D eigenvalue weighted by Crippen LogP contribution is 2.22. The van der Waals surface area contributed by atoms with E-state index < -0.39 is 6.10 Å². The van der Waals surface area contributed by atoms with Crippen LogP contribution in [-0.2, 0) is 9.63 Å². The lowest BCUT2D eigenvalue weighted by Crippen LogP contribution is -2.37. The molecule has 1 amide bonds. The summed E-state index contributed by atoms with van der Waals surface area (Å²) < 4.78 is 5.74. The van der Waals surface area contributed by atoms with Crippen LogP contribution in [0.3, 0.4) is 0 Å². The highest BCUT2D eigenvalue weighted by Gasteiger charge is 2.28. The van der Waals surface area contributed by atoms with E-state index in [1.54, 1.807) is 6.20 Å². The number of fused-ring (bicyclic) bond motifs is 1. The third-order valence-corrected chi connectivity index (χ3v) is 3.91. The molecule has 24 heavy (non-hydrogen) atoms. The van der Waals surface area contributed by atoms with Crippen LogP contribution < -0.4 is 10.1 Å². The first kappa shape index (κ1) is 16.2. The number of amides is 1. The number of aromatic nitrogens is 1. The number of carbonyl (C=O) groups is 1. The van der Waals surface area contributed by atoms with Gasteiger partial charge in [0.2, 0.25) is 6.10 Å². The summed E-state index contributed by atoms with van der Waals surface area (Å²) in [6.45, 7) is 4.84. The Morgan fingerprint density at radius 1 is 1.38 bits per heavy atom. The monoisotopic (exact) mass is 327 g/mol. The lowest BCUT2D eigenvalue weighted by molar-refractivity contribution is -0.131. The molecule has 2 heterocycles. The van der Waals surface area contributed by atoms with Crippen LogP contribution in [0.2, 0.25) is 0 Å². The van der Waals surface area contributed by atoms with Crippen molar-refractivity contribution in [2.75, 3.05) is 13.2 Å². The van der Waals surface area contributed by atoms with Gasteiger partial charge in [0.1, 0.15) is 17.9 Å². The first-order valence-electron chi connectivity index (χ1n) is 8.12. The van der Waals surface area contributed by atoms with Gasteiger partial charge in [-0.25, -0.2) is 0 Å². The van der Waals surface area contributed by atoms with Crippen molar-refractivity contribution in [3.63, 3.8) is 0 Å². The second-order valence-corrected chi connectivity index (χ2v) is 6.01. The van der Waals surface area contributed by atoms with Crippen molar-refractivity contribution in [1.82, 2.24) is 10.3 Å². The number of hydrogen-bond acceptors (Lipinski definition) is 5. The van der Waals surface area contributed by atoms with Crippen molar-refractivity contribution >= 4 is 22.5 Å². The molecule has 0 aliphatic carbocycles. The summed E-state index contributed by atoms with van der Waals surface area (Å²) in [4.78, 5) is 21.6. The number of nitrogens with one attached hydrogen (secondary N) is 1. The summed E-state index contributed by atoms with van der Waals surface area (Å²) in [5.41, 5.74) is 1.74.